The van der Waals surface area contributed by atoms with Crippen molar-refractivity contribution in [3.05, 3.63) is 54.6 Å². The molecule has 8 heteroatoms. The largest absolute Gasteiger partial charge is 0.457 e. The summed E-state index contributed by atoms with van der Waals surface area (Å²) in [6.07, 6.45) is 0. The lowest BCUT2D eigenvalue weighted by atomic mass is 10.3. The van der Waals surface area contributed by atoms with Gasteiger partial charge in [-0.25, -0.2) is 0 Å². The van der Waals surface area contributed by atoms with Gasteiger partial charge in [-0.2, -0.15) is 0 Å². The standard InChI is InChI=1S/C16H18NO2PS2.C4H9NO/c21-20(22,17-10-12-18-13-11-17)16-8-6-15(7-9-16)19-14-4-2-1-3-5-14;1-3-6-4-2-5-1/h1-9H,10-13H2,(H,21,22);5H,1-4H2. The minimum absolute atomic E-state index is 0.730. The Morgan fingerprint density at radius 2 is 1.43 bits per heavy atom. The maximum atomic E-state index is 5.81. The van der Waals surface area contributed by atoms with E-state index in [4.69, 9.17) is 38.3 Å². The Labute approximate surface area is 177 Å². The van der Waals surface area contributed by atoms with Crippen LogP contribution in [0.3, 0.4) is 0 Å². The monoisotopic (exact) mass is 438 g/mol. The number of rotatable bonds is 4. The summed E-state index contributed by atoms with van der Waals surface area (Å²) in [5.74, 6) is 1.63. The zero-order chi connectivity index (χ0) is 19.7. The van der Waals surface area contributed by atoms with Gasteiger partial charge in [0, 0.05) is 31.5 Å². The van der Waals surface area contributed by atoms with Gasteiger partial charge in [0.25, 0.3) is 0 Å². The second kappa shape index (κ2) is 11.3. The quantitative estimate of drug-likeness (QED) is 0.564. The molecule has 1 unspecified atom stereocenters. The second-order valence-corrected chi connectivity index (χ2v) is 12.7. The van der Waals surface area contributed by atoms with Gasteiger partial charge in [0.15, 0.2) is 0 Å². The van der Waals surface area contributed by atoms with Gasteiger partial charge in [-0.1, -0.05) is 30.0 Å². The van der Waals surface area contributed by atoms with Crippen molar-refractivity contribution < 1.29 is 14.2 Å². The molecule has 0 aromatic heterocycles. The molecule has 0 spiro atoms. The van der Waals surface area contributed by atoms with Crippen LogP contribution in [0.25, 0.3) is 0 Å². The summed E-state index contributed by atoms with van der Waals surface area (Å²) in [6, 6.07) is 17.7. The van der Waals surface area contributed by atoms with Crippen molar-refractivity contribution in [2.24, 2.45) is 0 Å². The number of hydrogen-bond acceptors (Lipinski definition) is 5. The Kier molecular flexibility index (Phi) is 8.80. The third-order valence-corrected chi connectivity index (χ3v) is 9.28. The van der Waals surface area contributed by atoms with Gasteiger partial charge in [-0.05, 0) is 36.4 Å². The highest BCUT2D eigenvalue weighted by molar-refractivity contribution is 8.65. The summed E-state index contributed by atoms with van der Waals surface area (Å²) in [4.78, 5) is 0. The first-order chi connectivity index (χ1) is 13.7. The number of hydrogen-bond donors (Lipinski definition) is 2. The highest BCUT2D eigenvalue weighted by atomic mass is 32.9. The van der Waals surface area contributed by atoms with E-state index in [9.17, 15) is 0 Å². The second-order valence-electron chi connectivity index (χ2n) is 6.38. The summed E-state index contributed by atoms with van der Waals surface area (Å²) in [5, 5.41) is 2.25. The molecule has 2 heterocycles. The van der Waals surface area contributed by atoms with Crippen LogP contribution in [0.15, 0.2) is 54.6 Å². The molecule has 1 atom stereocenters. The van der Waals surface area contributed by atoms with Crippen LogP contribution in [0, 0.1) is 0 Å². The van der Waals surface area contributed by atoms with Crippen molar-refractivity contribution in [3.8, 4) is 11.5 Å². The Balaban J connectivity index is 0.000000320. The lowest BCUT2D eigenvalue weighted by Gasteiger charge is -2.34. The lowest BCUT2D eigenvalue weighted by molar-refractivity contribution is 0.0758. The molecule has 152 valence electrons. The third-order valence-electron chi connectivity index (χ3n) is 4.37. The first-order valence-corrected chi connectivity index (χ1v) is 13.3. The van der Waals surface area contributed by atoms with Crippen molar-refractivity contribution in [3.63, 3.8) is 0 Å². The van der Waals surface area contributed by atoms with Crippen molar-refractivity contribution >= 4 is 34.8 Å². The normalized spacial score (nSPS) is 19.8. The smallest absolute Gasteiger partial charge is 0.127 e. The number of nitrogens with zero attached hydrogens (tertiary/aromatic N) is 1. The van der Waals surface area contributed by atoms with Crippen molar-refractivity contribution in [1.29, 1.82) is 0 Å². The fraction of sp³-hybridized carbons (Fsp3) is 0.400. The van der Waals surface area contributed by atoms with Crippen LogP contribution in [-0.4, -0.2) is 57.3 Å². The summed E-state index contributed by atoms with van der Waals surface area (Å²) >= 11 is 10.6. The molecule has 2 fully saturated rings. The predicted molar refractivity (Wildman–Crippen MR) is 122 cm³/mol. The topological polar surface area (TPSA) is 43.0 Å². The molecule has 2 aliphatic heterocycles. The van der Waals surface area contributed by atoms with E-state index in [2.05, 4.69) is 9.99 Å². The predicted octanol–water partition coefficient (Wildman–Crippen LogP) is 3.28. The minimum atomic E-state index is -2.00. The SMILES string of the molecule is C1COCCN1.S=P(S)(c1ccc(Oc2ccccc2)cc1)N1CCOCC1. The van der Waals surface area contributed by atoms with Crippen molar-refractivity contribution in [1.82, 2.24) is 9.99 Å². The van der Waals surface area contributed by atoms with E-state index in [1.165, 1.54) is 0 Å². The van der Waals surface area contributed by atoms with E-state index in [1.807, 2.05) is 54.6 Å². The number of benzene rings is 2. The van der Waals surface area contributed by atoms with E-state index >= 15 is 0 Å². The van der Waals surface area contributed by atoms with E-state index < -0.39 is 5.39 Å². The third kappa shape index (κ3) is 6.56. The molecule has 0 saturated carbocycles. The van der Waals surface area contributed by atoms with Gasteiger partial charge in [0.05, 0.1) is 31.8 Å². The Morgan fingerprint density at radius 3 is 1.96 bits per heavy atom. The maximum Gasteiger partial charge on any atom is 0.127 e. The summed E-state index contributed by atoms with van der Waals surface area (Å²) < 4.78 is 18.5. The molecule has 5 nitrogen and oxygen atoms in total. The highest BCUT2D eigenvalue weighted by Crippen LogP contribution is 2.53. The molecule has 0 radical (unpaired) electrons. The number of para-hydroxylation sites is 1. The molecule has 2 aromatic rings. The molecule has 2 saturated heterocycles. The fourth-order valence-corrected chi connectivity index (χ4v) is 6.20. The zero-order valence-electron chi connectivity index (χ0n) is 15.8. The first-order valence-electron chi connectivity index (χ1n) is 9.44. The van der Waals surface area contributed by atoms with E-state index in [0.29, 0.717) is 0 Å². The van der Waals surface area contributed by atoms with E-state index in [1.54, 1.807) is 0 Å². The average Bonchev–Trinajstić information content (AvgIpc) is 2.77. The fourth-order valence-electron chi connectivity index (χ4n) is 2.84. The number of thiol groups is 1. The van der Waals surface area contributed by atoms with Gasteiger partial charge >= 0.3 is 0 Å². The lowest BCUT2D eigenvalue weighted by Crippen LogP contribution is -2.35. The van der Waals surface area contributed by atoms with Crippen LogP contribution in [0.5, 0.6) is 11.5 Å². The maximum absolute atomic E-state index is 5.81. The van der Waals surface area contributed by atoms with Gasteiger partial charge in [-0.15, -0.1) is 12.2 Å². The summed E-state index contributed by atoms with van der Waals surface area (Å²) in [6.45, 7) is 6.99. The average molecular weight is 439 g/mol. The Hall–Kier alpha value is -0.920. The minimum Gasteiger partial charge on any atom is -0.457 e. The molecular formula is C20H27N2O3PS2. The van der Waals surface area contributed by atoms with Gasteiger partial charge < -0.3 is 19.5 Å². The van der Waals surface area contributed by atoms with Crippen molar-refractivity contribution in [2.45, 2.75) is 0 Å². The van der Waals surface area contributed by atoms with Crippen molar-refractivity contribution in [2.75, 3.05) is 52.6 Å². The van der Waals surface area contributed by atoms with E-state index in [-0.39, 0.29) is 0 Å². The first kappa shape index (κ1) is 21.8. The Bertz CT molecular complexity index is 740. The number of morpholine rings is 2. The van der Waals surface area contributed by atoms with Gasteiger partial charge in [0.2, 0.25) is 0 Å². The molecule has 0 amide bonds. The molecule has 2 aromatic carbocycles. The number of ether oxygens (including phenoxy) is 3. The number of nitrogens with one attached hydrogen (secondary N) is 1. The molecule has 1 N–H and O–H groups in total. The molecule has 2 aliphatic rings. The van der Waals surface area contributed by atoms with Crippen LogP contribution in [0.1, 0.15) is 0 Å². The Morgan fingerprint density at radius 1 is 0.857 bits per heavy atom. The molecule has 28 heavy (non-hydrogen) atoms. The highest BCUT2D eigenvalue weighted by Gasteiger charge is 2.25. The molecule has 0 bridgehead atoms. The van der Waals surface area contributed by atoms with Crippen LogP contribution in [0.4, 0.5) is 0 Å². The zero-order valence-corrected chi connectivity index (χ0v) is 18.4. The van der Waals surface area contributed by atoms with Gasteiger partial charge in [-0.3, -0.25) is 4.67 Å². The van der Waals surface area contributed by atoms with E-state index in [0.717, 1.165) is 69.4 Å². The molecular weight excluding hydrogens is 411 g/mol. The molecule has 0 aliphatic carbocycles. The van der Waals surface area contributed by atoms with Crippen LogP contribution in [-0.2, 0) is 21.3 Å². The van der Waals surface area contributed by atoms with Crippen LogP contribution < -0.4 is 15.4 Å². The van der Waals surface area contributed by atoms with Gasteiger partial charge in [0.1, 0.15) is 11.5 Å². The van der Waals surface area contributed by atoms with Crippen LogP contribution in [0.2, 0.25) is 0 Å². The van der Waals surface area contributed by atoms with Crippen LogP contribution >= 0.6 is 17.6 Å². The molecule has 4 rings (SSSR count). The summed E-state index contributed by atoms with van der Waals surface area (Å²) in [7, 11) is 0. The summed E-state index contributed by atoms with van der Waals surface area (Å²) in [5.41, 5.74) is 0.